The van der Waals surface area contributed by atoms with E-state index in [2.05, 4.69) is 0 Å². The topological polar surface area (TPSA) is 65.7 Å². The van der Waals surface area contributed by atoms with Crippen molar-refractivity contribution in [2.75, 3.05) is 20.2 Å². The minimum atomic E-state index is -0.349. The molecule has 1 unspecified atom stereocenters. The van der Waals surface area contributed by atoms with Crippen LogP contribution in [-0.4, -0.2) is 37.1 Å². The van der Waals surface area contributed by atoms with Crippen LogP contribution in [0.3, 0.4) is 0 Å². The summed E-state index contributed by atoms with van der Waals surface area (Å²) in [6, 6.07) is 12.1. The van der Waals surface area contributed by atoms with E-state index in [4.69, 9.17) is 9.47 Å². The SMILES string of the molecule is CN(CC1COc2ccccc2O1)C(=O)c1cccc[n+]1[O-]. The number of hydrogen-bond donors (Lipinski definition) is 0. The molecule has 3 rings (SSSR count). The summed E-state index contributed by atoms with van der Waals surface area (Å²) in [4.78, 5) is 13.8. The molecule has 0 saturated carbocycles. The van der Waals surface area contributed by atoms with Crippen molar-refractivity contribution in [3.05, 3.63) is 59.6 Å². The molecule has 0 radical (unpaired) electrons. The van der Waals surface area contributed by atoms with E-state index in [0.29, 0.717) is 29.4 Å². The maximum Gasteiger partial charge on any atom is 0.319 e. The molecule has 6 nitrogen and oxygen atoms in total. The van der Waals surface area contributed by atoms with Crippen LogP contribution in [0.1, 0.15) is 10.5 Å². The van der Waals surface area contributed by atoms with E-state index in [1.54, 1.807) is 19.2 Å². The molecule has 1 amide bonds. The molecule has 2 aromatic rings. The molecule has 0 bridgehead atoms. The minimum Gasteiger partial charge on any atom is -0.618 e. The lowest BCUT2D eigenvalue weighted by atomic mass is 10.2. The third-order valence-electron chi connectivity index (χ3n) is 3.43. The highest BCUT2D eigenvalue weighted by molar-refractivity contribution is 5.90. The first-order valence-electron chi connectivity index (χ1n) is 6.97. The molecule has 0 fully saturated rings. The van der Waals surface area contributed by atoms with E-state index in [1.165, 1.54) is 17.2 Å². The van der Waals surface area contributed by atoms with Crippen LogP contribution >= 0.6 is 0 Å². The van der Waals surface area contributed by atoms with Gasteiger partial charge in [0.15, 0.2) is 23.8 Å². The molecule has 1 aliphatic rings. The molecule has 1 aromatic heterocycles. The summed E-state index contributed by atoms with van der Waals surface area (Å²) >= 11 is 0. The van der Waals surface area contributed by atoms with Crippen LogP contribution in [0.25, 0.3) is 0 Å². The number of carbonyl (C=O) groups excluding carboxylic acids is 1. The van der Waals surface area contributed by atoms with E-state index in [-0.39, 0.29) is 17.7 Å². The number of para-hydroxylation sites is 2. The van der Waals surface area contributed by atoms with Gasteiger partial charge in [-0.15, -0.1) is 0 Å². The Bertz CT molecular complexity index is 689. The van der Waals surface area contributed by atoms with Crippen LogP contribution in [0.5, 0.6) is 11.5 Å². The molecule has 6 heteroatoms. The highest BCUT2D eigenvalue weighted by Gasteiger charge is 2.26. The largest absolute Gasteiger partial charge is 0.618 e. The average Bonchev–Trinajstić information content (AvgIpc) is 2.54. The Hall–Kier alpha value is -2.76. The van der Waals surface area contributed by atoms with Gasteiger partial charge in [0.1, 0.15) is 6.61 Å². The molecule has 0 aliphatic carbocycles. The highest BCUT2D eigenvalue weighted by Crippen LogP contribution is 2.30. The Kier molecular flexibility index (Phi) is 3.82. The Balaban J connectivity index is 1.67. The average molecular weight is 300 g/mol. The van der Waals surface area contributed by atoms with Crippen LogP contribution in [-0.2, 0) is 0 Å². The second-order valence-corrected chi connectivity index (χ2v) is 5.09. The van der Waals surface area contributed by atoms with Crippen LogP contribution < -0.4 is 14.2 Å². The second-order valence-electron chi connectivity index (χ2n) is 5.09. The quantitative estimate of drug-likeness (QED) is 0.632. The van der Waals surface area contributed by atoms with Gasteiger partial charge in [-0.3, -0.25) is 4.79 Å². The first-order valence-corrected chi connectivity index (χ1v) is 6.97. The summed E-state index contributed by atoms with van der Waals surface area (Å²) in [6.07, 6.45) is 1.03. The van der Waals surface area contributed by atoms with Crippen molar-refractivity contribution in [3.8, 4) is 11.5 Å². The van der Waals surface area contributed by atoms with Crippen molar-refractivity contribution in [2.45, 2.75) is 6.10 Å². The summed E-state index contributed by atoms with van der Waals surface area (Å²) < 4.78 is 12.0. The fraction of sp³-hybridized carbons (Fsp3) is 0.250. The number of nitrogens with zero attached hydrogens (tertiary/aromatic N) is 2. The molecule has 1 aliphatic heterocycles. The van der Waals surface area contributed by atoms with Crippen LogP contribution in [0, 0.1) is 5.21 Å². The van der Waals surface area contributed by atoms with Crippen molar-refractivity contribution < 1.29 is 19.0 Å². The van der Waals surface area contributed by atoms with E-state index in [0.717, 1.165) is 0 Å². The zero-order valence-corrected chi connectivity index (χ0v) is 12.1. The molecule has 114 valence electrons. The lowest BCUT2D eigenvalue weighted by Crippen LogP contribution is -2.45. The number of benzene rings is 1. The van der Waals surface area contributed by atoms with Crippen molar-refractivity contribution in [2.24, 2.45) is 0 Å². The van der Waals surface area contributed by atoms with Crippen LogP contribution in [0.4, 0.5) is 0 Å². The normalized spacial score (nSPS) is 16.1. The predicted octanol–water partition coefficient (Wildman–Crippen LogP) is 1.23. The number of amides is 1. The number of ether oxygens (including phenoxy) is 2. The molecule has 2 heterocycles. The first kappa shape index (κ1) is 14.2. The van der Waals surface area contributed by atoms with Crippen LogP contribution in [0.15, 0.2) is 48.7 Å². The summed E-state index contributed by atoms with van der Waals surface area (Å²) in [6.45, 7) is 0.697. The van der Waals surface area contributed by atoms with Gasteiger partial charge >= 0.3 is 5.91 Å². The Morgan fingerprint density at radius 2 is 2.00 bits per heavy atom. The third kappa shape index (κ3) is 2.81. The molecule has 0 saturated heterocycles. The smallest absolute Gasteiger partial charge is 0.319 e. The fourth-order valence-electron chi connectivity index (χ4n) is 2.33. The standard InChI is InChI=1S/C16H16N2O4/c1-17(16(19)13-6-4-5-9-18(13)20)10-12-11-21-14-7-2-3-8-15(14)22-12/h2-9,12H,10-11H2,1H3. The molecular formula is C16H16N2O4. The van der Waals surface area contributed by atoms with Gasteiger partial charge in [-0.2, -0.15) is 4.73 Å². The number of rotatable bonds is 3. The summed E-state index contributed by atoms with van der Waals surface area (Å²) in [5.41, 5.74) is 0.0853. The number of pyridine rings is 1. The van der Waals surface area contributed by atoms with Crippen molar-refractivity contribution >= 4 is 5.91 Å². The van der Waals surface area contributed by atoms with Crippen molar-refractivity contribution in [1.29, 1.82) is 0 Å². The lowest BCUT2D eigenvalue weighted by Gasteiger charge is -2.29. The molecule has 1 aromatic carbocycles. The molecular weight excluding hydrogens is 284 g/mol. The van der Waals surface area contributed by atoms with E-state index in [9.17, 15) is 10.0 Å². The van der Waals surface area contributed by atoms with Gasteiger partial charge in [0, 0.05) is 19.2 Å². The van der Waals surface area contributed by atoms with Crippen LogP contribution in [0.2, 0.25) is 0 Å². The van der Waals surface area contributed by atoms with E-state index < -0.39 is 0 Å². The van der Waals surface area contributed by atoms with Gasteiger partial charge in [-0.1, -0.05) is 12.1 Å². The second kappa shape index (κ2) is 5.93. The van der Waals surface area contributed by atoms with Crippen molar-refractivity contribution in [1.82, 2.24) is 4.90 Å². The maximum atomic E-state index is 12.3. The molecule has 0 N–H and O–H groups in total. The summed E-state index contributed by atoms with van der Waals surface area (Å²) in [5.74, 6) is 1.02. The fourth-order valence-corrected chi connectivity index (χ4v) is 2.33. The van der Waals surface area contributed by atoms with Crippen molar-refractivity contribution in [3.63, 3.8) is 0 Å². The zero-order valence-electron chi connectivity index (χ0n) is 12.1. The number of likely N-dealkylation sites (N-methyl/N-ethyl adjacent to an activating group) is 1. The number of hydrogen-bond acceptors (Lipinski definition) is 4. The van der Waals surface area contributed by atoms with Gasteiger partial charge in [-0.05, 0) is 18.2 Å². The third-order valence-corrected chi connectivity index (χ3v) is 3.43. The number of aromatic nitrogens is 1. The maximum absolute atomic E-state index is 12.3. The van der Waals surface area contributed by atoms with Gasteiger partial charge < -0.3 is 19.6 Å². The summed E-state index contributed by atoms with van der Waals surface area (Å²) in [7, 11) is 1.64. The first-order chi connectivity index (χ1) is 10.6. The lowest BCUT2D eigenvalue weighted by molar-refractivity contribution is -0.608. The van der Waals surface area contributed by atoms with E-state index in [1.807, 2.05) is 24.3 Å². The Morgan fingerprint density at radius 1 is 1.27 bits per heavy atom. The van der Waals surface area contributed by atoms with E-state index >= 15 is 0 Å². The summed E-state index contributed by atoms with van der Waals surface area (Å²) in [5, 5.41) is 11.6. The molecule has 1 atom stereocenters. The predicted molar refractivity (Wildman–Crippen MR) is 78.7 cm³/mol. The van der Waals surface area contributed by atoms with Gasteiger partial charge in [0.2, 0.25) is 0 Å². The molecule has 22 heavy (non-hydrogen) atoms. The Labute approximate surface area is 128 Å². The zero-order chi connectivity index (χ0) is 15.5. The number of carbonyl (C=O) groups is 1. The monoisotopic (exact) mass is 300 g/mol. The van der Waals surface area contributed by atoms with Gasteiger partial charge in [0.05, 0.1) is 6.54 Å². The molecule has 0 spiro atoms. The Morgan fingerprint density at radius 3 is 2.77 bits per heavy atom. The van der Waals surface area contributed by atoms with Gasteiger partial charge in [-0.25, -0.2) is 0 Å². The van der Waals surface area contributed by atoms with Gasteiger partial charge in [0.25, 0.3) is 5.69 Å². The number of fused-ring (bicyclic) bond motifs is 1. The minimum absolute atomic E-state index is 0.0853. The highest BCUT2D eigenvalue weighted by atomic mass is 16.6.